The molecule has 0 aliphatic carbocycles. The molecule has 0 aromatic heterocycles. The zero-order chi connectivity index (χ0) is 12.1. The van der Waals surface area contributed by atoms with Crippen LogP contribution >= 0.6 is 0 Å². The number of hydrogen-bond acceptors (Lipinski definition) is 2. The average Bonchev–Trinajstić information content (AvgIpc) is 2.23. The van der Waals surface area contributed by atoms with Crippen LogP contribution in [0.5, 0.6) is 0 Å². The Hall–Kier alpha value is -1.75. The normalized spacial score (nSPS) is 10.8. The van der Waals surface area contributed by atoms with Gasteiger partial charge in [-0.05, 0) is 23.8 Å². The summed E-state index contributed by atoms with van der Waals surface area (Å²) in [5.41, 5.74) is 0.118. The van der Waals surface area contributed by atoms with Gasteiger partial charge >= 0.3 is 0 Å². The maximum atomic E-state index is 12.8. The van der Waals surface area contributed by atoms with Crippen LogP contribution in [-0.2, 0) is 6.54 Å². The van der Waals surface area contributed by atoms with Crippen LogP contribution in [0.25, 0.3) is 0 Å². The van der Waals surface area contributed by atoms with Gasteiger partial charge in [0.25, 0.3) is 0 Å². The van der Waals surface area contributed by atoms with Crippen molar-refractivity contribution in [3.8, 4) is 0 Å². The monoisotopic (exact) mass is 229 g/mol. The molecule has 0 heterocycles. The van der Waals surface area contributed by atoms with Crippen molar-refractivity contribution >= 4 is 0 Å². The maximum absolute atomic E-state index is 12.8. The van der Waals surface area contributed by atoms with E-state index in [1.807, 2.05) is 0 Å². The van der Waals surface area contributed by atoms with Gasteiger partial charge in [-0.1, -0.05) is 12.7 Å². The first-order chi connectivity index (χ1) is 7.54. The summed E-state index contributed by atoms with van der Waals surface area (Å²) in [5.74, 6) is -4.08. The van der Waals surface area contributed by atoms with Crippen LogP contribution in [0, 0.1) is 17.5 Å². The molecule has 0 aliphatic rings. The van der Waals surface area contributed by atoms with Gasteiger partial charge in [-0.25, -0.2) is 13.2 Å². The fourth-order valence-electron chi connectivity index (χ4n) is 1.10. The lowest BCUT2D eigenvalue weighted by molar-refractivity contribution is -0.0491. The molecule has 1 rings (SSSR count). The summed E-state index contributed by atoms with van der Waals surface area (Å²) < 4.78 is 38.2. The third-order valence-corrected chi connectivity index (χ3v) is 1.78. The van der Waals surface area contributed by atoms with Gasteiger partial charge in [0.05, 0.1) is 6.54 Å². The lowest BCUT2D eigenvalue weighted by Gasteiger charge is -2.11. The zero-order valence-electron chi connectivity index (χ0n) is 8.33. The van der Waals surface area contributed by atoms with Crippen LogP contribution in [0.3, 0.4) is 0 Å². The lowest BCUT2D eigenvalue weighted by atomic mass is 10.2. The van der Waals surface area contributed by atoms with Crippen molar-refractivity contribution < 1.29 is 18.4 Å². The van der Waals surface area contributed by atoms with E-state index in [9.17, 15) is 18.4 Å². The van der Waals surface area contributed by atoms with E-state index in [2.05, 4.69) is 6.58 Å². The summed E-state index contributed by atoms with van der Waals surface area (Å²) in [6.07, 6.45) is 4.12. The number of nitrogens with zero attached hydrogens (tertiary/aromatic N) is 1. The topological polar surface area (TPSA) is 23.5 Å². The fraction of sp³-hybridized carbons (Fsp3) is 0.0909. The number of hydroxylamine groups is 2. The summed E-state index contributed by atoms with van der Waals surface area (Å²) in [4.78, 5) is 0. The van der Waals surface area contributed by atoms with E-state index in [-0.39, 0.29) is 12.1 Å². The molecule has 0 aliphatic heterocycles. The molecule has 0 radical (unpaired) electrons. The minimum Gasteiger partial charge on any atom is -0.289 e. The number of benzene rings is 1. The second-order valence-electron chi connectivity index (χ2n) is 3.05. The molecule has 0 saturated heterocycles. The minimum absolute atomic E-state index is 0.118. The van der Waals surface area contributed by atoms with Gasteiger partial charge in [0, 0.05) is 6.20 Å². The van der Waals surface area contributed by atoms with Crippen LogP contribution in [0.2, 0.25) is 0 Å². The molecule has 0 amide bonds. The number of hydrogen-bond donors (Lipinski definition) is 1. The Labute approximate surface area is 90.9 Å². The molecule has 86 valence electrons. The van der Waals surface area contributed by atoms with Crippen molar-refractivity contribution in [2.24, 2.45) is 0 Å². The predicted molar refractivity (Wildman–Crippen MR) is 53.0 cm³/mol. The van der Waals surface area contributed by atoms with E-state index in [4.69, 9.17) is 0 Å². The first-order valence-corrected chi connectivity index (χ1v) is 4.42. The second kappa shape index (κ2) is 5.37. The van der Waals surface area contributed by atoms with E-state index in [0.717, 1.165) is 12.1 Å². The molecular weight excluding hydrogens is 219 g/mol. The highest BCUT2D eigenvalue weighted by Crippen LogP contribution is 2.14. The largest absolute Gasteiger partial charge is 0.289 e. The molecule has 0 unspecified atom stereocenters. The molecule has 0 spiro atoms. The lowest BCUT2D eigenvalue weighted by Crippen LogP contribution is -2.11. The van der Waals surface area contributed by atoms with Crippen molar-refractivity contribution in [1.82, 2.24) is 5.06 Å². The first kappa shape index (κ1) is 12.3. The predicted octanol–water partition coefficient (Wildman–Crippen LogP) is 2.99. The Kier molecular flexibility index (Phi) is 4.13. The van der Waals surface area contributed by atoms with Gasteiger partial charge in [0.2, 0.25) is 0 Å². The Balaban J connectivity index is 2.82. The molecule has 16 heavy (non-hydrogen) atoms. The molecule has 2 nitrogen and oxygen atoms in total. The van der Waals surface area contributed by atoms with E-state index in [1.165, 1.54) is 18.4 Å². The van der Waals surface area contributed by atoms with Crippen molar-refractivity contribution in [3.05, 3.63) is 60.1 Å². The Morgan fingerprint density at radius 1 is 1.25 bits per heavy atom. The maximum Gasteiger partial charge on any atom is 0.194 e. The zero-order valence-corrected chi connectivity index (χ0v) is 8.33. The summed E-state index contributed by atoms with van der Waals surface area (Å²) in [7, 11) is 0. The number of allylic oxidation sites excluding steroid dienone is 2. The average molecular weight is 229 g/mol. The SMILES string of the molecule is C=C/C=C\N(O)Cc1cc(F)c(F)c(F)c1. The molecule has 1 N–H and O–H groups in total. The van der Waals surface area contributed by atoms with Gasteiger partial charge in [-0.2, -0.15) is 0 Å². The molecule has 1 aromatic rings. The molecular formula is C11H10F3NO. The molecule has 0 fully saturated rings. The highest BCUT2D eigenvalue weighted by Gasteiger charge is 2.11. The van der Waals surface area contributed by atoms with Crippen LogP contribution in [0.1, 0.15) is 5.56 Å². The number of rotatable bonds is 4. The third-order valence-electron chi connectivity index (χ3n) is 1.78. The summed E-state index contributed by atoms with van der Waals surface area (Å²) in [6, 6.07) is 1.65. The molecule has 5 heteroatoms. The fourth-order valence-corrected chi connectivity index (χ4v) is 1.10. The Bertz CT molecular complexity index is 395. The smallest absolute Gasteiger partial charge is 0.194 e. The van der Waals surface area contributed by atoms with Crippen LogP contribution < -0.4 is 0 Å². The van der Waals surface area contributed by atoms with E-state index < -0.39 is 17.5 Å². The molecule has 1 aromatic carbocycles. The van der Waals surface area contributed by atoms with Gasteiger partial charge in [-0.15, -0.1) is 0 Å². The summed E-state index contributed by atoms with van der Waals surface area (Å²) in [6.45, 7) is 3.23. The van der Waals surface area contributed by atoms with E-state index >= 15 is 0 Å². The quantitative estimate of drug-likeness (QED) is 0.487. The first-order valence-electron chi connectivity index (χ1n) is 4.42. The molecule has 0 saturated carbocycles. The van der Waals surface area contributed by atoms with E-state index in [0.29, 0.717) is 5.06 Å². The highest BCUT2D eigenvalue weighted by atomic mass is 19.2. The highest BCUT2D eigenvalue weighted by molar-refractivity contribution is 5.19. The van der Waals surface area contributed by atoms with Gasteiger partial charge in [-0.3, -0.25) is 10.3 Å². The van der Waals surface area contributed by atoms with Gasteiger partial charge in [0.15, 0.2) is 17.5 Å². The standard InChI is InChI=1S/C11H10F3NO/c1-2-3-4-15(16)7-8-5-9(12)11(14)10(13)6-8/h2-6,16H,1,7H2/b4-3-. The molecule has 0 bridgehead atoms. The van der Waals surface area contributed by atoms with Crippen LogP contribution in [0.15, 0.2) is 37.1 Å². The summed E-state index contributed by atoms with van der Waals surface area (Å²) in [5, 5.41) is 9.95. The van der Waals surface area contributed by atoms with Gasteiger partial charge in [0.1, 0.15) is 0 Å². The Morgan fingerprint density at radius 2 is 1.81 bits per heavy atom. The summed E-state index contributed by atoms with van der Waals surface area (Å²) >= 11 is 0. The van der Waals surface area contributed by atoms with Crippen molar-refractivity contribution in [2.75, 3.05) is 0 Å². The Morgan fingerprint density at radius 3 is 2.31 bits per heavy atom. The minimum atomic E-state index is -1.52. The van der Waals surface area contributed by atoms with Crippen LogP contribution in [0.4, 0.5) is 13.2 Å². The van der Waals surface area contributed by atoms with Crippen LogP contribution in [-0.4, -0.2) is 10.3 Å². The second-order valence-corrected chi connectivity index (χ2v) is 3.05. The number of halogens is 3. The van der Waals surface area contributed by atoms with Gasteiger partial charge < -0.3 is 0 Å². The van der Waals surface area contributed by atoms with E-state index in [1.54, 1.807) is 0 Å². The molecule has 0 atom stereocenters. The van der Waals surface area contributed by atoms with Crippen molar-refractivity contribution in [1.29, 1.82) is 0 Å². The third kappa shape index (κ3) is 3.13. The van der Waals surface area contributed by atoms with Crippen molar-refractivity contribution in [3.63, 3.8) is 0 Å². The van der Waals surface area contributed by atoms with Crippen molar-refractivity contribution in [2.45, 2.75) is 6.54 Å².